The van der Waals surface area contributed by atoms with Crippen LogP contribution in [0.1, 0.15) is 55.0 Å². The van der Waals surface area contributed by atoms with Gasteiger partial charge in [0.15, 0.2) is 0 Å². The maximum atomic E-state index is 12.4. The van der Waals surface area contributed by atoms with Crippen molar-refractivity contribution in [2.24, 2.45) is 11.1 Å². The Balaban J connectivity index is 0.00000200. The summed E-state index contributed by atoms with van der Waals surface area (Å²) in [6.45, 7) is 5.01. The van der Waals surface area contributed by atoms with Crippen molar-refractivity contribution in [2.45, 2.75) is 52.1 Å². The molecule has 2 N–H and O–H groups in total. The van der Waals surface area contributed by atoms with Gasteiger partial charge in [0.25, 0.3) is 5.91 Å². The molecule has 114 valence electrons. The van der Waals surface area contributed by atoms with Crippen molar-refractivity contribution in [3.05, 3.63) is 16.1 Å². The summed E-state index contributed by atoms with van der Waals surface area (Å²) < 4.78 is 0. The highest BCUT2D eigenvalue weighted by atomic mass is 35.5. The van der Waals surface area contributed by atoms with E-state index in [9.17, 15) is 4.79 Å². The minimum Gasteiger partial charge on any atom is -0.337 e. The second kappa shape index (κ2) is 6.87. The molecule has 20 heavy (non-hydrogen) atoms. The lowest BCUT2D eigenvalue weighted by Crippen LogP contribution is -2.41. The van der Waals surface area contributed by atoms with E-state index in [0.717, 1.165) is 17.8 Å². The largest absolute Gasteiger partial charge is 0.337 e. The smallest absolute Gasteiger partial charge is 0.273 e. The lowest BCUT2D eigenvalue weighted by Gasteiger charge is -2.38. The fourth-order valence-corrected chi connectivity index (χ4v) is 3.27. The van der Waals surface area contributed by atoms with Gasteiger partial charge in [0.05, 0.1) is 0 Å². The average Bonchev–Trinajstić information content (AvgIpc) is 2.86. The number of aromatic nitrogens is 1. The first-order valence-electron chi connectivity index (χ1n) is 6.84. The number of nitrogens with zero attached hydrogens (tertiary/aromatic N) is 2. The van der Waals surface area contributed by atoms with Gasteiger partial charge < -0.3 is 10.6 Å². The van der Waals surface area contributed by atoms with Crippen LogP contribution in [0.5, 0.6) is 0 Å². The Bertz CT molecular complexity index is 451. The van der Waals surface area contributed by atoms with E-state index in [4.69, 9.17) is 5.73 Å². The van der Waals surface area contributed by atoms with Crippen LogP contribution in [-0.4, -0.2) is 28.9 Å². The Hall–Kier alpha value is -0.650. The van der Waals surface area contributed by atoms with E-state index in [0.29, 0.717) is 23.7 Å². The van der Waals surface area contributed by atoms with Gasteiger partial charge in [-0.05, 0) is 31.1 Å². The number of hydrogen-bond acceptors (Lipinski definition) is 4. The lowest BCUT2D eigenvalue weighted by molar-refractivity contribution is 0.0630. The number of amides is 1. The van der Waals surface area contributed by atoms with Crippen LogP contribution in [0, 0.1) is 5.41 Å². The molecule has 1 heterocycles. The first kappa shape index (κ1) is 17.4. The first-order valence-corrected chi connectivity index (χ1v) is 7.72. The molecule has 1 aromatic heterocycles. The van der Waals surface area contributed by atoms with E-state index in [2.05, 4.69) is 18.8 Å². The second-order valence-corrected chi connectivity index (χ2v) is 7.08. The molecule has 2 rings (SSSR count). The molecular formula is C14H24ClN3OS. The van der Waals surface area contributed by atoms with Gasteiger partial charge in [-0.1, -0.05) is 13.8 Å². The molecule has 0 aliphatic heterocycles. The first-order chi connectivity index (χ1) is 8.93. The molecule has 1 aliphatic carbocycles. The topological polar surface area (TPSA) is 59.2 Å². The Morgan fingerprint density at radius 1 is 1.50 bits per heavy atom. The second-order valence-electron chi connectivity index (χ2n) is 6.14. The molecule has 0 radical (unpaired) electrons. The van der Waals surface area contributed by atoms with Crippen molar-refractivity contribution >= 4 is 29.7 Å². The standard InChI is InChI=1S/C14H23N3OS.ClH/c1-14(2)6-4-10(5-7-14)17(3)13(18)11-9-19-12(8-15)16-11;/h9-10H,4-8,15H2,1-3H3;1H. The highest BCUT2D eigenvalue weighted by Crippen LogP contribution is 2.36. The quantitative estimate of drug-likeness (QED) is 0.932. The molecule has 0 unspecified atom stereocenters. The third kappa shape index (κ3) is 3.93. The van der Waals surface area contributed by atoms with Crippen LogP contribution in [0.25, 0.3) is 0 Å². The number of thiazole rings is 1. The number of carbonyl (C=O) groups is 1. The van der Waals surface area contributed by atoms with Crippen molar-refractivity contribution in [1.82, 2.24) is 9.88 Å². The summed E-state index contributed by atoms with van der Waals surface area (Å²) in [6.07, 6.45) is 4.53. The number of rotatable bonds is 3. The number of halogens is 1. The van der Waals surface area contributed by atoms with E-state index in [-0.39, 0.29) is 18.3 Å². The van der Waals surface area contributed by atoms with Crippen molar-refractivity contribution < 1.29 is 4.79 Å². The third-order valence-corrected chi connectivity index (χ3v) is 4.99. The molecule has 1 amide bonds. The monoisotopic (exact) mass is 317 g/mol. The molecule has 0 aromatic carbocycles. The maximum Gasteiger partial charge on any atom is 0.273 e. The molecule has 0 saturated heterocycles. The minimum atomic E-state index is 0. The average molecular weight is 318 g/mol. The van der Waals surface area contributed by atoms with Crippen LogP contribution in [0.3, 0.4) is 0 Å². The number of carbonyl (C=O) groups excluding carboxylic acids is 1. The Kier molecular flexibility index (Phi) is 5.98. The maximum absolute atomic E-state index is 12.4. The summed E-state index contributed by atoms with van der Waals surface area (Å²) >= 11 is 1.46. The summed E-state index contributed by atoms with van der Waals surface area (Å²) in [5.74, 6) is 0.0284. The summed E-state index contributed by atoms with van der Waals surface area (Å²) in [7, 11) is 1.90. The fraction of sp³-hybridized carbons (Fsp3) is 0.714. The Morgan fingerprint density at radius 3 is 2.60 bits per heavy atom. The summed E-state index contributed by atoms with van der Waals surface area (Å²) in [5.41, 5.74) is 6.50. The molecule has 1 aromatic rings. The minimum absolute atomic E-state index is 0. The zero-order valence-corrected chi connectivity index (χ0v) is 14.0. The molecule has 0 atom stereocenters. The van der Waals surface area contributed by atoms with Crippen molar-refractivity contribution in [1.29, 1.82) is 0 Å². The summed E-state index contributed by atoms with van der Waals surface area (Å²) in [6, 6.07) is 0.351. The van der Waals surface area contributed by atoms with E-state index >= 15 is 0 Å². The van der Waals surface area contributed by atoms with Gasteiger partial charge in [-0.15, -0.1) is 23.7 Å². The number of hydrogen-bond donors (Lipinski definition) is 1. The van der Waals surface area contributed by atoms with Crippen molar-refractivity contribution in [2.75, 3.05) is 7.05 Å². The van der Waals surface area contributed by atoms with E-state index < -0.39 is 0 Å². The van der Waals surface area contributed by atoms with Crippen LogP contribution in [0.15, 0.2) is 5.38 Å². The molecule has 0 spiro atoms. The highest BCUT2D eigenvalue weighted by Gasteiger charge is 2.31. The van der Waals surface area contributed by atoms with Gasteiger partial charge in [-0.25, -0.2) is 4.98 Å². The molecule has 1 saturated carbocycles. The summed E-state index contributed by atoms with van der Waals surface area (Å²) in [5, 5.41) is 2.63. The van der Waals surface area contributed by atoms with Gasteiger partial charge in [-0.2, -0.15) is 0 Å². The van der Waals surface area contributed by atoms with E-state index in [1.165, 1.54) is 24.2 Å². The molecule has 6 heteroatoms. The SMILES string of the molecule is CN(C(=O)c1csc(CN)n1)C1CCC(C)(C)CC1.Cl. The van der Waals surface area contributed by atoms with Crippen molar-refractivity contribution in [3.8, 4) is 0 Å². The van der Waals surface area contributed by atoms with Crippen LogP contribution in [-0.2, 0) is 6.54 Å². The van der Waals surface area contributed by atoms with Crippen molar-refractivity contribution in [3.63, 3.8) is 0 Å². The highest BCUT2D eigenvalue weighted by molar-refractivity contribution is 7.09. The fourth-order valence-electron chi connectivity index (χ4n) is 2.62. The lowest BCUT2D eigenvalue weighted by atomic mass is 9.75. The Labute approximate surface area is 131 Å². The van der Waals surface area contributed by atoms with Gasteiger partial charge >= 0.3 is 0 Å². The van der Waals surface area contributed by atoms with Gasteiger partial charge in [-0.3, -0.25) is 4.79 Å². The molecule has 1 aliphatic rings. The normalized spacial score (nSPS) is 18.4. The van der Waals surface area contributed by atoms with Crippen LogP contribution >= 0.6 is 23.7 Å². The third-order valence-electron chi connectivity index (χ3n) is 4.12. The molecule has 1 fully saturated rings. The number of nitrogens with two attached hydrogens (primary N) is 1. The predicted molar refractivity (Wildman–Crippen MR) is 85.4 cm³/mol. The Morgan fingerprint density at radius 2 is 2.10 bits per heavy atom. The molecule has 0 bridgehead atoms. The van der Waals surface area contributed by atoms with Gasteiger partial charge in [0.2, 0.25) is 0 Å². The van der Waals surface area contributed by atoms with E-state index in [1.54, 1.807) is 0 Å². The van der Waals surface area contributed by atoms with Gasteiger partial charge in [0.1, 0.15) is 10.7 Å². The van der Waals surface area contributed by atoms with Crippen LogP contribution in [0.2, 0.25) is 0 Å². The van der Waals surface area contributed by atoms with Crippen LogP contribution in [0.4, 0.5) is 0 Å². The summed E-state index contributed by atoms with van der Waals surface area (Å²) in [4.78, 5) is 18.5. The van der Waals surface area contributed by atoms with Gasteiger partial charge in [0, 0.05) is 25.0 Å². The zero-order valence-electron chi connectivity index (χ0n) is 12.4. The molecular weight excluding hydrogens is 294 g/mol. The predicted octanol–water partition coefficient (Wildman–Crippen LogP) is 3.06. The van der Waals surface area contributed by atoms with Crippen LogP contribution < -0.4 is 5.73 Å². The zero-order chi connectivity index (χ0) is 14.0. The molecule has 4 nitrogen and oxygen atoms in total. The van der Waals surface area contributed by atoms with E-state index in [1.807, 2.05) is 17.3 Å².